The molecule has 0 saturated carbocycles. The molecule has 5 nitrogen and oxygen atoms in total. The van der Waals surface area contributed by atoms with Crippen LogP contribution in [0.5, 0.6) is 0 Å². The number of hydrogen-bond donors (Lipinski definition) is 0. The molecule has 2 aromatic rings. The molecule has 1 aromatic heterocycles. The minimum atomic E-state index is 0.512. The van der Waals surface area contributed by atoms with Crippen molar-refractivity contribution in [3.63, 3.8) is 0 Å². The van der Waals surface area contributed by atoms with Crippen molar-refractivity contribution in [3.8, 4) is 0 Å². The molecule has 1 aliphatic heterocycles. The molecule has 1 fully saturated rings. The molecule has 0 aliphatic carbocycles. The number of methoxy groups -OCH3 is 1. The smallest absolute Gasteiger partial charge is 0.113 e. The summed E-state index contributed by atoms with van der Waals surface area (Å²) < 4.78 is 7.25. The Labute approximate surface area is 106 Å². The highest BCUT2D eigenvalue weighted by atomic mass is 16.5. The number of para-hydroxylation sites is 1. The van der Waals surface area contributed by atoms with Crippen LogP contribution in [0.4, 0.5) is 0 Å². The maximum Gasteiger partial charge on any atom is 0.113 e. The summed E-state index contributed by atoms with van der Waals surface area (Å²) in [4.78, 5) is 2.42. The van der Waals surface area contributed by atoms with Crippen molar-refractivity contribution in [2.45, 2.75) is 25.6 Å². The van der Waals surface area contributed by atoms with Crippen LogP contribution in [0.15, 0.2) is 24.3 Å². The Kier molecular flexibility index (Phi) is 3.25. The molecule has 0 radical (unpaired) electrons. The zero-order chi connectivity index (χ0) is 12.4. The number of rotatable bonds is 4. The third kappa shape index (κ3) is 2.11. The molecule has 96 valence electrons. The summed E-state index contributed by atoms with van der Waals surface area (Å²) >= 11 is 0. The fourth-order valence-electron chi connectivity index (χ4n) is 2.66. The van der Waals surface area contributed by atoms with E-state index in [4.69, 9.17) is 4.74 Å². The second-order valence-corrected chi connectivity index (χ2v) is 4.78. The normalized spacial score (nSPS) is 20.8. The van der Waals surface area contributed by atoms with Crippen LogP contribution in [0, 0.1) is 0 Å². The van der Waals surface area contributed by atoms with Gasteiger partial charge in [-0.05, 0) is 25.0 Å². The van der Waals surface area contributed by atoms with Crippen LogP contribution in [0.25, 0.3) is 11.0 Å². The zero-order valence-corrected chi connectivity index (χ0v) is 10.6. The maximum atomic E-state index is 5.28. The lowest BCUT2D eigenvalue weighted by Gasteiger charge is -2.23. The number of ether oxygens (including phenoxy) is 1. The molecule has 2 heterocycles. The van der Waals surface area contributed by atoms with E-state index < -0.39 is 0 Å². The van der Waals surface area contributed by atoms with Gasteiger partial charge in [0.1, 0.15) is 5.52 Å². The lowest BCUT2D eigenvalue weighted by atomic mass is 10.2. The molecule has 1 saturated heterocycles. The van der Waals surface area contributed by atoms with Gasteiger partial charge in [-0.25, -0.2) is 4.68 Å². The molecule has 0 bridgehead atoms. The third-order valence-electron chi connectivity index (χ3n) is 3.59. The molecule has 0 amide bonds. The predicted molar refractivity (Wildman–Crippen MR) is 69.1 cm³/mol. The first-order valence-corrected chi connectivity index (χ1v) is 6.39. The van der Waals surface area contributed by atoms with E-state index >= 15 is 0 Å². The van der Waals surface area contributed by atoms with Crippen molar-refractivity contribution < 1.29 is 4.74 Å². The van der Waals surface area contributed by atoms with E-state index in [0.717, 1.165) is 30.9 Å². The lowest BCUT2D eigenvalue weighted by molar-refractivity contribution is 0.0951. The van der Waals surface area contributed by atoms with Gasteiger partial charge in [-0.3, -0.25) is 4.90 Å². The van der Waals surface area contributed by atoms with Crippen LogP contribution in [-0.4, -0.2) is 46.2 Å². The summed E-state index contributed by atoms with van der Waals surface area (Å²) in [6.07, 6.45) is 2.45. The first kappa shape index (κ1) is 11.6. The summed E-state index contributed by atoms with van der Waals surface area (Å²) in [5.74, 6) is 0. The van der Waals surface area contributed by atoms with Gasteiger partial charge in [0.15, 0.2) is 0 Å². The number of nitrogens with zero attached hydrogens (tertiary/aromatic N) is 4. The third-order valence-corrected chi connectivity index (χ3v) is 3.59. The Bertz CT molecular complexity index is 524. The van der Waals surface area contributed by atoms with Crippen molar-refractivity contribution in [1.82, 2.24) is 19.9 Å². The minimum Gasteiger partial charge on any atom is -0.383 e. The van der Waals surface area contributed by atoms with Gasteiger partial charge in [-0.15, -0.1) is 5.10 Å². The van der Waals surface area contributed by atoms with Crippen LogP contribution in [0.1, 0.15) is 12.8 Å². The Balaban J connectivity index is 1.79. The second kappa shape index (κ2) is 5.04. The van der Waals surface area contributed by atoms with Crippen molar-refractivity contribution in [3.05, 3.63) is 24.3 Å². The largest absolute Gasteiger partial charge is 0.383 e. The number of aromatic nitrogens is 3. The van der Waals surface area contributed by atoms with Crippen molar-refractivity contribution in [2.75, 3.05) is 20.3 Å². The summed E-state index contributed by atoms with van der Waals surface area (Å²) in [5, 5.41) is 8.42. The van der Waals surface area contributed by atoms with E-state index in [2.05, 4.69) is 21.3 Å². The highest BCUT2D eigenvalue weighted by Crippen LogP contribution is 2.19. The molecule has 0 spiro atoms. The average molecular weight is 246 g/mol. The van der Waals surface area contributed by atoms with Crippen LogP contribution in [-0.2, 0) is 11.4 Å². The molecule has 0 N–H and O–H groups in total. The van der Waals surface area contributed by atoms with Gasteiger partial charge in [-0.1, -0.05) is 17.3 Å². The quantitative estimate of drug-likeness (QED) is 0.820. The monoisotopic (exact) mass is 246 g/mol. The maximum absolute atomic E-state index is 5.28. The van der Waals surface area contributed by atoms with Crippen LogP contribution >= 0.6 is 0 Å². The Morgan fingerprint density at radius 3 is 3.17 bits per heavy atom. The summed E-state index contributed by atoms with van der Waals surface area (Å²) in [6.45, 7) is 2.71. The van der Waals surface area contributed by atoms with Gasteiger partial charge in [-0.2, -0.15) is 0 Å². The Hall–Kier alpha value is -1.46. The predicted octanol–water partition coefficient (Wildman–Crippen LogP) is 1.50. The van der Waals surface area contributed by atoms with E-state index in [1.807, 2.05) is 22.9 Å². The molecule has 5 heteroatoms. The molecule has 3 rings (SSSR count). The van der Waals surface area contributed by atoms with Crippen LogP contribution in [0.2, 0.25) is 0 Å². The van der Waals surface area contributed by atoms with Crippen molar-refractivity contribution >= 4 is 11.0 Å². The highest BCUT2D eigenvalue weighted by Gasteiger charge is 2.25. The van der Waals surface area contributed by atoms with Gasteiger partial charge in [0.25, 0.3) is 0 Å². The van der Waals surface area contributed by atoms with Crippen LogP contribution in [0.3, 0.4) is 0 Å². The van der Waals surface area contributed by atoms with Gasteiger partial charge < -0.3 is 4.74 Å². The molecule has 1 unspecified atom stereocenters. The first-order valence-electron chi connectivity index (χ1n) is 6.39. The number of hydrogen-bond acceptors (Lipinski definition) is 4. The lowest BCUT2D eigenvalue weighted by Crippen LogP contribution is -2.34. The summed E-state index contributed by atoms with van der Waals surface area (Å²) in [5.41, 5.74) is 2.06. The van der Waals surface area contributed by atoms with E-state index in [-0.39, 0.29) is 0 Å². The molecular weight excluding hydrogens is 228 g/mol. The van der Waals surface area contributed by atoms with Crippen molar-refractivity contribution in [1.29, 1.82) is 0 Å². The number of fused-ring (bicyclic) bond motifs is 1. The molecule has 1 aromatic carbocycles. The van der Waals surface area contributed by atoms with E-state index in [9.17, 15) is 0 Å². The van der Waals surface area contributed by atoms with Gasteiger partial charge in [0.05, 0.1) is 18.8 Å². The highest BCUT2D eigenvalue weighted by molar-refractivity contribution is 5.73. The van der Waals surface area contributed by atoms with Crippen molar-refractivity contribution in [2.24, 2.45) is 0 Å². The van der Waals surface area contributed by atoms with Gasteiger partial charge in [0.2, 0.25) is 0 Å². The fraction of sp³-hybridized carbons (Fsp3) is 0.538. The molecule has 1 atom stereocenters. The minimum absolute atomic E-state index is 0.512. The van der Waals surface area contributed by atoms with Gasteiger partial charge >= 0.3 is 0 Å². The molecule has 18 heavy (non-hydrogen) atoms. The van der Waals surface area contributed by atoms with Crippen LogP contribution < -0.4 is 0 Å². The van der Waals surface area contributed by atoms with E-state index in [1.165, 1.54) is 12.8 Å². The SMILES string of the molecule is COCC1CCCN1Cn1nnc2ccccc21. The first-order chi connectivity index (χ1) is 8.88. The van der Waals surface area contributed by atoms with E-state index in [0.29, 0.717) is 6.04 Å². The zero-order valence-electron chi connectivity index (χ0n) is 10.6. The second-order valence-electron chi connectivity index (χ2n) is 4.78. The molecule has 1 aliphatic rings. The van der Waals surface area contributed by atoms with E-state index in [1.54, 1.807) is 7.11 Å². The Morgan fingerprint density at radius 1 is 1.39 bits per heavy atom. The number of likely N-dealkylation sites (tertiary alicyclic amines) is 1. The number of benzene rings is 1. The average Bonchev–Trinajstić information content (AvgIpc) is 2.99. The summed E-state index contributed by atoms with van der Waals surface area (Å²) in [7, 11) is 1.77. The Morgan fingerprint density at radius 2 is 2.28 bits per heavy atom. The fourth-order valence-corrected chi connectivity index (χ4v) is 2.66. The topological polar surface area (TPSA) is 43.2 Å². The van der Waals surface area contributed by atoms with Gasteiger partial charge in [0, 0.05) is 19.7 Å². The standard InChI is InChI=1S/C13H18N4O/c1-18-9-11-5-4-8-16(11)10-17-13-7-3-2-6-12(13)14-15-17/h2-3,6-7,11H,4-5,8-10H2,1H3. The molecular formula is C13H18N4O. The summed E-state index contributed by atoms with van der Waals surface area (Å²) in [6, 6.07) is 8.59.